The monoisotopic (exact) mass is 373 g/mol. The summed E-state index contributed by atoms with van der Waals surface area (Å²) in [4.78, 5) is 24.4. The number of rotatable bonds is 11. The molecule has 154 valence electrons. The van der Waals surface area contributed by atoms with Crippen molar-refractivity contribution in [1.29, 1.82) is 0 Å². The number of amides is 1. The molecule has 7 heteroatoms. The number of carbonyl (C=O) groups excluding carboxylic acids is 2. The van der Waals surface area contributed by atoms with E-state index in [4.69, 9.17) is 15.2 Å². The van der Waals surface area contributed by atoms with Gasteiger partial charge in [0.1, 0.15) is 17.2 Å². The van der Waals surface area contributed by atoms with Crippen molar-refractivity contribution in [3.63, 3.8) is 0 Å². The van der Waals surface area contributed by atoms with Crippen molar-refractivity contribution in [3.8, 4) is 0 Å². The highest BCUT2D eigenvalue weighted by molar-refractivity contribution is 5.81. The van der Waals surface area contributed by atoms with Gasteiger partial charge < -0.3 is 25.8 Å². The van der Waals surface area contributed by atoms with Gasteiger partial charge in [-0.1, -0.05) is 0 Å². The zero-order valence-electron chi connectivity index (χ0n) is 17.4. The molecular formula is C19H39N3O4. The van der Waals surface area contributed by atoms with E-state index in [9.17, 15) is 9.59 Å². The standard InChI is InChI=1S/C19H39N3O4/c1-18(2,3)25-16(23)15(22-17(24)26-19(4,5)6)11-7-9-13-21-14-10-8-12-20/h15,21H,7-14,20H2,1-6H3,(H,22,24)/t15-/m0/s1. The van der Waals surface area contributed by atoms with Crippen LogP contribution >= 0.6 is 0 Å². The fourth-order valence-electron chi connectivity index (χ4n) is 2.19. The smallest absolute Gasteiger partial charge is 0.408 e. The third-order valence-corrected chi connectivity index (χ3v) is 3.29. The summed E-state index contributed by atoms with van der Waals surface area (Å²) in [6.45, 7) is 13.3. The molecular weight excluding hydrogens is 334 g/mol. The molecule has 0 aromatic rings. The van der Waals surface area contributed by atoms with Crippen LogP contribution in [0.15, 0.2) is 0 Å². The molecule has 0 radical (unpaired) electrons. The molecule has 26 heavy (non-hydrogen) atoms. The van der Waals surface area contributed by atoms with E-state index in [0.717, 1.165) is 45.3 Å². The van der Waals surface area contributed by atoms with Gasteiger partial charge in [-0.25, -0.2) is 9.59 Å². The molecule has 0 aromatic heterocycles. The predicted molar refractivity (Wildman–Crippen MR) is 104 cm³/mol. The SMILES string of the molecule is CC(C)(C)OC(=O)N[C@@H](CCCCNCCCCN)C(=O)OC(C)(C)C. The van der Waals surface area contributed by atoms with Gasteiger partial charge in [-0.15, -0.1) is 0 Å². The van der Waals surface area contributed by atoms with Gasteiger partial charge in [-0.2, -0.15) is 0 Å². The van der Waals surface area contributed by atoms with Crippen molar-refractivity contribution in [2.45, 2.75) is 90.9 Å². The van der Waals surface area contributed by atoms with E-state index >= 15 is 0 Å². The minimum absolute atomic E-state index is 0.431. The summed E-state index contributed by atoms with van der Waals surface area (Å²) in [7, 11) is 0. The van der Waals surface area contributed by atoms with E-state index < -0.39 is 29.3 Å². The highest BCUT2D eigenvalue weighted by atomic mass is 16.6. The molecule has 0 aliphatic rings. The lowest BCUT2D eigenvalue weighted by Gasteiger charge is -2.26. The van der Waals surface area contributed by atoms with Gasteiger partial charge in [-0.3, -0.25) is 0 Å². The molecule has 7 nitrogen and oxygen atoms in total. The maximum absolute atomic E-state index is 12.4. The Morgan fingerprint density at radius 2 is 1.42 bits per heavy atom. The van der Waals surface area contributed by atoms with Crippen molar-refractivity contribution in [2.75, 3.05) is 19.6 Å². The topological polar surface area (TPSA) is 103 Å². The van der Waals surface area contributed by atoms with Gasteiger partial charge in [0.15, 0.2) is 0 Å². The van der Waals surface area contributed by atoms with Crippen LogP contribution in [-0.4, -0.2) is 48.9 Å². The second-order valence-corrected chi connectivity index (χ2v) is 8.47. The number of hydrogen-bond acceptors (Lipinski definition) is 6. The fourth-order valence-corrected chi connectivity index (χ4v) is 2.19. The maximum atomic E-state index is 12.4. The quantitative estimate of drug-likeness (QED) is 0.380. The Morgan fingerprint density at radius 1 is 0.885 bits per heavy atom. The minimum atomic E-state index is -0.707. The first-order valence-corrected chi connectivity index (χ1v) is 9.58. The Morgan fingerprint density at radius 3 is 1.92 bits per heavy atom. The largest absolute Gasteiger partial charge is 0.458 e. The van der Waals surface area contributed by atoms with Gasteiger partial charge in [0.25, 0.3) is 0 Å². The van der Waals surface area contributed by atoms with Crippen LogP contribution in [0.2, 0.25) is 0 Å². The zero-order valence-corrected chi connectivity index (χ0v) is 17.4. The van der Waals surface area contributed by atoms with Crippen LogP contribution in [-0.2, 0) is 14.3 Å². The van der Waals surface area contributed by atoms with Crippen LogP contribution in [0.25, 0.3) is 0 Å². The van der Waals surface area contributed by atoms with Gasteiger partial charge in [0.05, 0.1) is 0 Å². The molecule has 4 N–H and O–H groups in total. The number of nitrogens with two attached hydrogens (primary N) is 1. The van der Waals surface area contributed by atoms with E-state index in [0.29, 0.717) is 6.42 Å². The van der Waals surface area contributed by atoms with Crippen LogP contribution in [0.4, 0.5) is 4.79 Å². The van der Waals surface area contributed by atoms with Gasteiger partial charge in [0.2, 0.25) is 0 Å². The Balaban J connectivity index is 4.41. The Kier molecular flexibility index (Phi) is 11.5. The van der Waals surface area contributed by atoms with E-state index in [1.165, 1.54) is 0 Å². The molecule has 0 heterocycles. The summed E-state index contributed by atoms with van der Waals surface area (Å²) in [5, 5.41) is 5.99. The highest BCUT2D eigenvalue weighted by Gasteiger charge is 2.28. The normalized spacial score (nSPS) is 13.2. The Labute approximate surface area is 158 Å². The molecule has 0 rings (SSSR count). The first kappa shape index (κ1) is 24.7. The molecule has 1 atom stereocenters. The van der Waals surface area contributed by atoms with Crippen molar-refractivity contribution in [1.82, 2.24) is 10.6 Å². The summed E-state index contributed by atoms with van der Waals surface area (Å²) < 4.78 is 10.7. The Hall–Kier alpha value is -1.34. The van der Waals surface area contributed by atoms with E-state index in [2.05, 4.69) is 10.6 Å². The molecule has 0 aromatic carbocycles. The molecule has 1 amide bonds. The first-order valence-electron chi connectivity index (χ1n) is 9.58. The van der Waals surface area contributed by atoms with Crippen molar-refractivity contribution < 1.29 is 19.1 Å². The summed E-state index contributed by atoms with van der Waals surface area (Å²) in [5.41, 5.74) is 4.24. The number of hydrogen-bond donors (Lipinski definition) is 3. The van der Waals surface area contributed by atoms with Gasteiger partial charge >= 0.3 is 12.1 Å². The van der Waals surface area contributed by atoms with Gasteiger partial charge in [0, 0.05) is 0 Å². The van der Waals surface area contributed by atoms with E-state index in [1.807, 2.05) is 0 Å². The third-order valence-electron chi connectivity index (χ3n) is 3.29. The van der Waals surface area contributed by atoms with Crippen LogP contribution < -0.4 is 16.4 Å². The molecule has 0 bridgehead atoms. The molecule has 0 saturated heterocycles. The molecule has 0 unspecified atom stereocenters. The molecule has 0 aliphatic carbocycles. The zero-order chi connectivity index (χ0) is 20.2. The average Bonchev–Trinajstić information content (AvgIpc) is 2.45. The minimum Gasteiger partial charge on any atom is -0.458 e. The van der Waals surface area contributed by atoms with Crippen LogP contribution in [0.5, 0.6) is 0 Å². The lowest BCUT2D eigenvalue weighted by atomic mass is 10.1. The van der Waals surface area contributed by atoms with Crippen molar-refractivity contribution in [3.05, 3.63) is 0 Å². The molecule has 0 spiro atoms. The summed E-state index contributed by atoms with van der Waals surface area (Å²) in [6.07, 6.45) is 3.71. The van der Waals surface area contributed by atoms with Crippen LogP contribution in [0, 0.1) is 0 Å². The second-order valence-electron chi connectivity index (χ2n) is 8.47. The number of esters is 1. The number of carbonyl (C=O) groups is 2. The highest BCUT2D eigenvalue weighted by Crippen LogP contribution is 2.13. The van der Waals surface area contributed by atoms with Crippen molar-refractivity contribution in [2.24, 2.45) is 5.73 Å². The molecule has 0 fully saturated rings. The lowest BCUT2D eigenvalue weighted by molar-refractivity contribution is -0.157. The number of ether oxygens (including phenoxy) is 2. The molecule has 0 saturated carbocycles. The van der Waals surface area contributed by atoms with Crippen LogP contribution in [0.3, 0.4) is 0 Å². The summed E-state index contributed by atoms with van der Waals surface area (Å²) in [5.74, 6) is -0.431. The fraction of sp³-hybridized carbons (Fsp3) is 0.895. The number of nitrogens with one attached hydrogen (secondary N) is 2. The van der Waals surface area contributed by atoms with Crippen molar-refractivity contribution >= 4 is 12.1 Å². The third kappa shape index (κ3) is 15.0. The summed E-state index contributed by atoms with van der Waals surface area (Å²) in [6, 6.07) is -0.707. The number of unbranched alkanes of at least 4 members (excludes halogenated alkanes) is 2. The predicted octanol–water partition coefficient (Wildman–Crippen LogP) is 2.72. The Bertz CT molecular complexity index is 414. The van der Waals surface area contributed by atoms with Gasteiger partial charge in [-0.05, 0) is 93.3 Å². The maximum Gasteiger partial charge on any atom is 0.408 e. The first-order chi connectivity index (χ1) is 11.9. The lowest BCUT2D eigenvalue weighted by Crippen LogP contribution is -2.46. The van der Waals surface area contributed by atoms with E-state index in [1.54, 1.807) is 41.5 Å². The summed E-state index contributed by atoms with van der Waals surface area (Å²) >= 11 is 0. The van der Waals surface area contributed by atoms with E-state index in [-0.39, 0.29) is 0 Å². The second kappa shape index (κ2) is 12.1. The molecule has 0 aliphatic heterocycles. The average molecular weight is 374 g/mol. The van der Waals surface area contributed by atoms with Crippen LogP contribution in [0.1, 0.15) is 73.6 Å². The number of alkyl carbamates (subject to hydrolysis) is 1.